The van der Waals surface area contributed by atoms with Crippen LogP contribution in [0.3, 0.4) is 0 Å². The van der Waals surface area contributed by atoms with Gasteiger partial charge in [0.2, 0.25) is 5.91 Å². The Morgan fingerprint density at radius 3 is 3.17 bits per heavy atom. The topological polar surface area (TPSA) is 98.2 Å². The molecule has 1 aliphatic rings. The van der Waals surface area contributed by atoms with Gasteiger partial charge in [0.15, 0.2) is 0 Å². The van der Waals surface area contributed by atoms with Crippen molar-refractivity contribution >= 4 is 23.2 Å². The molecule has 94 valence electrons. The lowest BCUT2D eigenvalue weighted by molar-refractivity contribution is -0.123. The highest BCUT2D eigenvalue weighted by molar-refractivity contribution is 7.14. The normalized spacial score (nSPS) is 14.9. The number of nitrogens with zero attached hydrogens (tertiary/aromatic N) is 4. The van der Waals surface area contributed by atoms with Crippen LogP contribution in [0.25, 0.3) is 10.4 Å². The van der Waals surface area contributed by atoms with Gasteiger partial charge in [-0.2, -0.15) is 0 Å². The third-order valence-electron chi connectivity index (χ3n) is 2.49. The van der Waals surface area contributed by atoms with Crippen molar-refractivity contribution in [3.63, 3.8) is 0 Å². The minimum atomic E-state index is -0.151. The summed E-state index contributed by atoms with van der Waals surface area (Å²) in [6, 6.07) is 3.46. The summed E-state index contributed by atoms with van der Waals surface area (Å²) < 4.78 is 0. The van der Waals surface area contributed by atoms with Crippen molar-refractivity contribution in [1.82, 2.24) is 10.2 Å². The van der Waals surface area contributed by atoms with Gasteiger partial charge in [-0.15, -0.1) is 11.3 Å². The number of rotatable bonds is 3. The Balaban J connectivity index is 2.06. The number of piperazine rings is 1. The van der Waals surface area contributed by atoms with Crippen LogP contribution >= 0.6 is 11.3 Å². The average molecular weight is 265 g/mol. The van der Waals surface area contributed by atoms with Crippen LogP contribution in [0.5, 0.6) is 0 Å². The molecule has 7 nitrogen and oxygen atoms in total. The lowest BCUT2D eigenvalue weighted by Gasteiger charge is -2.26. The summed E-state index contributed by atoms with van der Waals surface area (Å²) in [6.07, 6.45) is 0. The van der Waals surface area contributed by atoms with Crippen molar-refractivity contribution in [2.45, 2.75) is 6.54 Å². The maximum absolute atomic E-state index is 12.1. The highest BCUT2D eigenvalue weighted by Crippen LogP contribution is 2.19. The first-order valence-electron chi connectivity index (χ1n) is 5.36. The molecule has 1 N–H and O–H groups in total. The van der Waals surface area contributed by atoms with Gasteiger partial charge < -0.3 is 10.2 Å². The van der Waals surface area contributed by atoms with Crippen molar-refractivity contribution in [1.29, 1.82) is 0 Å². The maximum atomic E-state index is 12.1. The molecule has 0 spiro atoms. The number of hydrogen-bond acceptors (Lipinski definition) is 4. The van der Waals surface area contributed by atoms with Crippen LogP contribution < -0.4 is 5.32 Å². The van der Waals surface area contributed by atoms with Gasteiger partial charge in [0.25, 0.3) is 5.91 Å². The van der Waals surface area contributed by atoms with Gasteiger partial charge in [0, 0.05) is 22.9 Å². The highest BCUT2D eigenvalue weighted by Gasteiger charge is 2.23. The molecular formula is C10H11N5O2S. The predicted octanol–water partition coefficient (Wildman–Crippen LogP) is 1.13. The van der Waals surface area contributed by atoms with E-state index in [2.05, 4.69) is 15.3 Å². The zero-order chi connectivity index (χ0) is 13.0. The molecule has 2 heterocycles. The van der Waals surface area contributed by atoms with Crippen LogP contribution in [-0.4, -0.2) is 36.3 Å². The highest BCUT2D eigenvalue weighted by atomic mass is 32.1. The van der Waals surface area contributed by atoms with E-state index in [9.17, 15) is 9.59 Å². The zero-order valence-electron chi connectivity index (χ0n) is 9.50. The fourth-order valence-electron chi connectivity index (χ4n) is 1.65. The second kappa shape index (κ2) is 5.52. The smallest absolute Gasteiger partial charge is 0.264 e. The molecular weight excluding hydrogens is 254 g/mol. The average Bonchev–Trinajstić information content (AvgIpc) is 2.84. The molecule has 0 atom stereocenters. The summed E-state index contributed by atoms with van der Waals surface area (Å²) in [4.78, 5) is 28.9. The molecule has 0 radical (unpaired) electrons. The second-order valence-electron chi connectivity index (χ2n) is 3.73. The van der Waals surface area contributed by atoms with Crippen molar-refractivity contribution in [2.24, 2.45) is 5.11 Å². The number of carbonyl (C=O) groups excluding carboxylic acids is 2. The quantitative estimate of drug-likeness (QED) is 0.503. The third-order valence-corrected chi connectivity index (χ3v) is 3.55. The van der Waals surface area contributed by atoms with E-state index >= 15 is 0 Å². The first kappa shape index (κ1) is 12.4. The van der Waals surface area contributed by atoms with Crippen LogP contribution in [0.1, 0.15) is 14.5 Å². The van der Waals surface area contributed by atoms with Crippen molar-refractivity contribution in [3.8, 4) is 0 Å². The molecule has 1 saturated heterocycles. The summed E-state index contributed by atoms with van der Waals surface area (Å²) in [7, 11) is 0. The van der Waals surface area contributed by atoms with Gasteiger partial charge in [-0.25, -0.2) is 0 Å². The van der Waals surface area contributed by atoms with E-state index in [1.54, 1.807) is 12.1 Å². The van der Waals surface area contributed by atoms with Crippen molar-refractivity contribution < 1.29 is 9.59 Å². The number of thiophene rings is 1. The molecule has 0 unspecified atom stereocenters. The van der Waals surface area contributed by atoms with E-state index in [0.717, 1.165) is 4.88 Å². The molecule has 2 amide bonds. The number of hydrogen-bond donors (Lipinski definition) is 1. The van der Waals surface area contributed by atoms with Gasteiger partial charge in [0.1, 0.15) is 0 Å². The largest absolute Gasteiger partial charge is 0.353 e. The SMILES string of the molecule is [N-]=[N+]=NCc1ccc(C(=O)N2CCNC(=O)C2)s1. The fraction of sp³-hybridized carbons (Fsp3) is 0.400. The molecule has 0 saturated carbocycles. The molecule has 1 aliphatic heterocycles. The second-order valence-corrected chi connectivity index (χ2v) is 4.90. The van der Waals surface area contributed by atoms with E-state index in [1.807, 2.05) is 0 Å². The summed E-state index contributed by atoms with van der Waals surface area (Å²) >= 11 is 1.29. The molecule has 2 rings (SSSR count). The Morgan fingerprint density at radius 2 is 2.44 bits per heavy atom. The molecule has 0 aliphatic carbocycles. The molecule has 18 heavy (non-hydrogen) atoms. The Morgan fingerprint density at radius 1 is 1.61 bits per heavy atom. The first-order chi connectivity index (χ1) is 8.70. The lowest BCUT2D eigenvalue weighted by atomic mass is 10.3. The van der Waals surface area contributed by atoms with Crippen LogP contribution in [0.2, 0.25) is 0 Å². The predicted molar refractivity (Wildman–Crippen MR) is 66.1 cm³/mol. The summed E-state index contributed by atoms with van der Waals surface area (Å²) in [5.74, 6) is -0.289. The van der Waals surface area contributed by atoms with Gasteiger partial charge in [0.05, 0.1) is 18.0 Å². The van der Waals surface area contributed by atoms with Gasteiger partial charge in [-0.3, -0.25) is 9.59 Å². The van der Waals surface area contributed by atoms with Gasteiger partial charge >= 0.3 is 0 Å². The molecule has 1 aromatic heterocycles. The van der Waals surface area contributed by atoms with E-state index in [1.165, 1.54) is 16.2 Å². The van der Waals surface area contributed by atoms with Crippen LogP contribution in [-0.2, 0) is 11.3 Å². The van der Waals surface area contributed by atoms with E-state index in [4.69, 9.17) is 5.53 Å². The zero-order valence-corrected chi connectivity index (χ0v) is 10.3. The number of amides is 2. The Bertz CT molecular complexity index is 520. The maximum Gasteiger partial charge on any atom is 0.264 e. The van der Waals surface area contributed by atoms with E-state index < -0.39 is 0 Å². The number of carbonyl (C=O) groups is 2. The van der Waals surface area contributed by atoms with Gasteiger partial charge in [-0.1, -0.05) is 5.11 Å². The molecule has 1 fully saturated rings. The van der Waals surface area contributed by atoms with Crippen molar-refractivity contribution in [3.05, 3.63) is 32.3 Å². The molecule has 8 heteroatoms. The Labute approximate surface area is 107 Å². The number of azide groups is 1. The van der Waals surface area contributed by atoms with E-state index in [-0.39, 0.29) is 24.9 Å². The summed E-state index contributed by atoms with van der Waals surface area (Å²) in [5.41, 5.74) is 8.22. The first-order valence-corrected chi connectivity index (χ1v) is 6.18. The van der Waals surface area contributed by atoms with Gasteiger partial charge in [-0.05, 0) is 17.7 Å². The fourth-order valence-corrected chi connectivity index (χ4v) is 2.54. The monoisotopic (exact) mass is 265 g/mol. The Kier molecular flexibility index (Phi) is 3.81. The lowest BCUT2D eigenvalue weighted by Crippen LogP contribution is -2.49. The van der Waals surface area contributed by atoms with Crippen LogP contribution in [0, 0.1) is 0 Å². The molecule has 0 aromatic carbocycles. The van der Waals surface area contributed by atoms with Crippen LogP contribution in [0.15, 0.2) is 17.2 Å². The standard InChI is InChI=1S/C10H11N5O2S/c11-14-13-5-7-1-2-8(18-7)10(17)15-4-3-12-9(16)6-15/h1-2H,3-6H2,(H,12,16). The number of nitrogens with one attached hydrogen (secondary N) is 1. The van der Waals surface area contributed by atoms with E-state index in [0.29, 0.717) is 18.0 Å². The molecule has 1 aromatic rings. The molecule has 0 bridgehead atoms. The van der Waals surface area contributed by atoms with Crippen molar-refractivity contribution in [2.75, 3.05) is 19.6 Å². The minimum absolute atomic E-state index is 0.0996. The van der Waals surface area contributed by atoms with Crippen LogP contribution in [0.4, 0.5) is 0 Å². The third kappa shape index (κ3) is 2.79. The Hall–Kier alpha value is -2.05. The summed E-state index contributed by atoms with van der Waals surface area (Å²) in [5, 5.41) is 6.11. The summed E-state index contributed by atoms with van der Waals surface area (Å²) in [6.45, 7) is 1.35. The minimum Gasteiger partial charge on any atom is -0.353 e.